The predicted octanol–water partition coefficient (Wildman–Crippen LogP) is 1.28. The summed E-state index contributed by atoms with van der Waals surface area (Å²) >= 11 is 0. The van der Waals surface area contributed by atoms with Crippen molar-refractivity contribution in [3.05, 3.63) is 0 Å². The molecule has 0 spiro atoms. The maximum Gasteiger partial charge on any atom is 0.257 e. The molecule has 0 aliphatic heterocycles. The highest BCUT2D eigenvalue weighted by Crippen LogP contribution is 2.66. The molecule has 0 bridgehead atoms. The molecule has 0 aromatic heterocycles. The summed E-state index contributed by atoms with van der Waals surface area (Å²) < 4.78 is 21.7. The minimum absolute atomic E-state index is 0.0300. The zero-order chi connectivity index (χ0) is 14.9. The number of nitrogens with zero attached hydrogens (tertiary/aromatic N) is 2. The third-order valence-electron chi connectivity index (χ3n) is 4.05. The largest absolute Gasteiger partial charge is 0.348 e. The fourth-order valence-corrected chi connectivity index (χ4v) is 3.44. The summed E-state index contributed by atoms with van der Waals surface area (Å²) in [6.07, 6.45) is 0. The van der Waals surface area contributed by atoms with Gasteiger partial charge in [-0.05, 0) is 5.92 Å². The lowest BCUT2D eigenvalue weighted by Gasteiger charge is -2.66. The Morgan fingerprint density at radius 3 is 1.53 bits per heavy atom. The van der Waals surface area contributed by atoms with Crippen molar-refractivity contribution in [2.24, 2.45) is 17.3 Å². The van der Waals surface area contributed by atoms with Crippen LogP contribution in [0.2, 0.25) is 0 Å². The van der Waals surface area contributed by atoms with Crippen LogP contribution in [0.15, 0.2) is 0 Å². The van der Waals surface area contributed by atoms with E-state index in [0.717, 1.165) is 0 Å². The van der Waals surface area contributed by atoms with E-state index in [1.54, 1.807) is 0 Å². The molecule has 0 aromatic carbocycles. The maximum atomic E-state index is 9.53. The first-order chi connectivity index (χ1) is 8.93. The third-order valence-corrected chi connectivity index (χ3v) is 4.05. The van der Waals surface area contributed by atoms with Crippen LogP contribution in [0, 0.1) is 39.9 Å². The fourth-order valence-electron chi connectivity index (χ4n) is 3.44. The van der Waals surface area contributed by atoms with Crippen LogP contribution in [0.5, 0.6) is 0 Å². The van der Waals surface area contributed by atoms with E-state index < -0.39 is 22.9 Å². The number of nitriles is 2. The van der Waals surface area contributed by atoms with Crippen molar-refractivity contribution in [1.82, 2.24) is 0 Å². The zero-order valence-corrected chi connectivity index (χ0v) is 12.2. The highest BCUT2D eigenvalue weighted by molar-refractivity contribution is 5.37. The molecule has 1 aliphatic carbocycles. The molecule has 6 heteroatoms. The molecule has 1 fully saturated rings. The van der Waals surface area contributed by atoms with E-state index in [4.69, 9.17) is 18.9 Å². The van der Waals surface area contributed by atoms with Gasteiger partial charge in [-0.2, -0.15) is 10.5 Å². The Labute approximate surface area is 113 Å². The van der Waals surface area contributed by atoms with Gasteiger partial charge < -0.3 is 18.9 Å². The summed E-state index contributed by atoms with van der Waals surface area (Å²) in [6, 6.07) is 4.08. The van der Waals surface area contributed by atoms with Crippen LogP contribution in [-0.4, -0.2) is 40.0 Å². The Bertz CT molecular complexity index is 399. The molecule has 0 radical (unpaired) electrons. The monoisotopic (exact) mass is 268 g/mol. The van der Waals surface area contributed by atoms with Gasteiger partial charge in [0.15, 0.2) is 0 Å². The van der Waals surface area contributed by atoms with E-state index in [1.807, 2.05) is 26.0 Å². The maximum absolute atomic E-state index is 9.53. The highest BCUT2D eigenvalue weighted by atomic mass is 16.8. The summed E-state index contributed by atoms with van der Waals surface area (Å²) in [5.41, 5.74) is -1.49. The summed E-state index contributed by atoms with van der Waals surface area (Å²) in [4.78, 5) is 0. The van der Waals surface area contributed by atoms with Crippen LogP contribution in [0.25, 0.3) is 0 Å². The van der Waals surface area contributed by atoms with Crippen LogP contribution in [0.3, 0.4) is 0 Å². The Morgan fingerprint density at radius 2 is 1.32 bits per heavy atom. The number of rotatable bonds is 5. The molecular formula is C13H20N2O4. The average Bonchev–Trinajstić information content (AvgIpc) is 2.41. The Kier molecular flexibility index (Phi) is 4.23. The van der Waals surface area contributed by atoms with Crippen molar-refractivity contribution < 1.29 is 18.9 Å². The van der Waals surface area contributed by atoms with Gasteiger partial charge in [-0.3, -0.25) is 0 Å². The standard InChI is InChI=1S/C13H20N2O4/c1-9(2)10-11(7-14,8-15)13(18-5,19-6)12(10,16-3)17-4/h9-10H,1-6H3/t10-/m1/s1. The minimum atomic E-state index is -1.58. The quantitative estimate of drug-likeness (QED) is 0.698. The van der Waals surface area contributed by atoms with E-state index in [1.165, 1.54) is 28.4 Å². The van der Waals surface area contributed by atoms with Crippen molar-refractivity contribution >= 4 is 0 Å². The highest BCUT2D eigenvalue weighted by Gasteiger charge is 2.86. The van der Waals surface area contributed by atoms with Gasteiger partial charge in [0.05, 0.1) is 18.1 Å². The molecule has 0 amide bonds. The van der Waals surface area contributed by atoms with Gasteiger partial charge in [-0.25, -0.2) is 0 Å². The molecule has 19 heavy (non-hydrogen) atoms. The smallest absolute Gasteiger partial charge is 0.257 e. The first-order valence-corrected chi connectivity index (χ1v) is 5.96. The lowest BCUT2D eigenvalue weighted by molar-refractivity contribution is -0.503. The second kappa shape index (κ2) is 5.07. The molecule has 1 rings (SSSR count). The van der Waals surface area contributed by atoms with Crippen molar-refractivity contribution in [3.63, 3.8) is 0 Å². The van der Waals surface area contributed by atoms with E-state index in [-0.39, 0.29) is 5.92 Å². The molecule has 0 N–H and O–H groups in total. The fraction of sp³-hybridized carbons (Fsp3) is 0.846. The number of methoxy groups -OCH3 is 4. The summed E-state index contributed by atoms with van der Waals surface area (Å²) in [5.74, 6) is -3.40. The van der Waals surface area contributed by atoms with Gasteiger partial charge in [-0.1, -0.05) is 13.8 Å². The normalized spacial score (nSPS) is 26.3. The number of hydrogen-bond donors (Lipinski definition) is 0. The van der Waals surface area contributed by atoms with Crippen molar-refractivity contribution in [3.8, 4) is 12.1 Å². The topological polar surface area (TPSA) is 84.5 Å². The van der Waals surface area contributed by atoms with Crippen LogP contribution in [0.1, 0.15) is 13.8 Å². The first kappa shape index (κ1) is 15.9. The van der Waals surface area contributed by atoms with Gasteiger partial charge >= 0.3 is 0 Å². The number of hydrogen-bond acceptors (Lipinski definition) is 6. The van der Waals surface area contributed by atoms with Gasteiger partial charge in [0.1, 0.15) is 0 Å². The summed E-state index contributed by atoms with van der Waals surface area (Å²) in [6.45, 7) is 3.80. The van der Waals surface area contributed by atoms with Crippen LogP contribution in [0.4, 0.5) is 0 Å². The summed E-state index contributed by atoms with van der Waals surface area (Å²) in [5, 5.41) is 19.1. The second-order valence-corrected chi connectivity index (χ2v) is 4.85. The van der Waals surface area contributed by atoms with E-state index in [2.05, 4.69) is 0 Å². The molecule has 1 aliphatic rings. The molecule has 0 heterocycles. The van der Waals surface area contributed by atoms with Crippen molar-refractivity contribution in [2.75, 3.05) is 28.4 Å². The SMILES string of the molecule is COC1(OC)[C@H](C(C)C)C(C#N)(C#N)C1(OC)OC. The van der Waals surface area contributed by atoms with Gasteiger partial charge in [0.25, 0.3) is 5.79 Å². The van der Waals surface area contributed by atoms with Crippen LogP contribution < -0.4 is 0 Å². The lowest BCUT2D eigenvalue weighted by Crippen LogP contribution is -2.84. The van der Waals surface area contributed by atoms with Crippen LogP contribution >= 0.6 is 0 Å². The first-order valence-electron chi connectivity index (χ1n) is 5.96. The van der Waals surface area contributed by atoms with E-state index >= 15 is 0 Å². The van der Waals surface area contributed by atoms with Crippen molar-refractivity contribution in [1.29, 1.82) is 10.5 Å². The van der Waals surface area contributed by atoms with E-state index in [9.17, 15) is 10.5 Å². The molecular weight excluding hydrogens is 248 g/mol. The van der Waals surface area contributed by atoms with E-state index in [0.29, 0.717) is 0 Å². The minimum Gasteiger partial charge on any atom is -0.348 e. The average molecular weight is 268 g/mol. The molecule has 0 saturated heterocycles. The molecule has 0 aromatic rings. The van der Waals surface area contributed by atoms with Gasteiger partial charge in [0, 0.05) is 28.4 Å². The number of ether oxygens (including phenoxy) is 4. The molecule has 1 atom stereocenters. The Morgan fingerprint density at radius 1 is 0.895 bits per heavy atom. The predicted molar refractivity (Wildman–Crippen MR) is 65.5 cm³/mol. The third kappa shape index (κ3) is 1.43. The van der Waals surface area contributed by atoms with Crippen LogP contribution in [-0.2, 0) is 18.9 Å². The van der Waals surface area contributed by atoms with Gasteiger partial charge in [0.2, 0.25) is 11.2 Å². The van der Waals surface area contributed by atoms with Gasteiger partial charge in [-0.15, -0.1) is 0 Å². The zero-order valence-electron chi connectivity index (χ0n) is 12.2. The lowest BCUT2D eigenvalue weighted by atomic mass is 9.48. The molecule has 106 valence electrons. The molecule has 0 unspecified atom stereocenters. The Balaban J connectivity index is 3.57. The summed E-state index contributed by atoms with van der Waals surface area (Å²) in [7, 11) is 5.64. The van der Waals surface area contributed by atoms with Crippen molar-refractivity contribution in [2.45, 2.75) is 25.4 Å². The second-order valence-electron chi connectivity index (χ2n) is 4.85. The molecule has 1 saturated carbocycles. The Hall–Kier alpha value is -1.18. The molecule has 6 nitrogen and oxygen atoms in total.